The molecule has 2 amide bonds. The zero-order valence-electron chi connectivity index (χ0n) is 13.9. The average molecular weight is 351 g/mol. The number of nitrogens with two attached hydrogens (primary N) is 1. The van der Waals surface area contributed by atoms with Gasteiger partial charge < -0.3 is 11.1 Å². The van der Waals surface area contributed by atoms with Gasteiger partial charge in [-0.25, -0.2) is 0 Å². The molecule has 126 valence electrons. The van der Waals surface area contributed by atoms with Crippen LogP contribution in [0.15, 0.2) is 48.8 Å². The van der Waals surface area contributed by atoms with E-state index < -0.39 is 5.91 Å². The lowest BCUT2D eigenvalue weighted by Crippen LogP contribution is -2.11. The summed E-state index contributed by atoms with van der Waals surface area (Å²) < 4.78 is 0. The normalized spacial score (nSPS) is 10.5. The largest absolute Gasteiger partial charge is 0.366 e. The minimum absolute atomic E-state index is 0.172. The highest BCUT2D eigenvalue weighted by Gasteiger charge is 2.14. The van der Waals surface area contributed by atoms with Gasteiger partial charge >= 0.3 is 0 Å². The van der Waals surface area contributed by atoms with E-state index in [1.165, 1.54) is 11.3 Å². The third-order valence-electron chi connectivity index (χ3n) is 3.89. The number of hydrogen-bond donors (Lipinski definition) is 2. The number of anilines is 1. The van der Waals surface area contributed by atoms with Crippen molar-refractivity contribution in [3.63, 3.8) is 0 Å². The fraction of sp³-hybridized carbons (Fsp3) is 0.105. The van der Waals surface area contributed by atoms with Crippen molar-refractivity contribution >= 4 is 28.8 Å². The summed E-state index contributed by atoms with van der Waals surface area (Å²) >= 11 is 1.37. The Morgan fingerprint density at radius 3 is 2.60 bits per heavy atom. The van der Waals surface area contributed by atoms with E-state index in [9.17, 15) is 9.59 Å². The number of pyridine rings is 1. The van der Waals surface area contributed by atoms with Gasteiger partial charge in [0.1, 0.15) is 0 Å². The van der Waals surface area contributed by atoms with Crippen LogP contribution in [0.3, 0.4) is 0 Å². The van der Waals surface area contributed by atoms with Crippen LogP contribution >= 0.6 is 11.3 Å². The van der Waals surface area contributed by atoms with E-state index in [1.807, 2.05) is 26.0 Å². The molecular weight excluding hydrogens is 334 g/mol. The van der Waals surface area contributed by atoms with Crippen LogP contribution < -0.4 is 11.1 Å². The molecule has 6 heteroatoms. The number of aromatic nitrogens is 1. The number of amides is 2. The fourth-order valence-electron chi connectivity index (χ4n) is 2.44. The molecule has 0 aliphatic carbocycles. The molecule has 2 aromatic heterocycles. The number of benzene rings is 1. The first-order valence-electron chi connectivity index (χ1n) is 7.68. The third kappa shape index (κ3) is 3.59. The van der Waals surface area contributed by atoms with E-state index >= 15 is 0 Å². The van der Waals surface area contributed by atoms with Crippen molar-refractivity contribution in [1.29, 1.82) is 0 Å². The molecule has 0 atom stereocenters. The van der Waals surface area contributed by atoms with Crippen LogP contribution in [0.25, 0.3) is 10.4 Å². The number of aryl methyl sites for hydroxylation is 2. The van der Waals surface area contributed by atoms with Crippen molar-refractivity contribution < 1.29 is 9.59 Å². The highest BCUT2D eigenvalue weighted by molar-refractivity contribution is 7.17. The molecule has 0 spiro atoms. The molecule has 0 fully saturated rings. The van der Waals surface area contributed by atoms with Crippen molar-refractivity contribution in [3.05, 3.63) is 70.4 Å². The Morgan fingerprint density at radius 1 is 1.08 bits per heavy atom. The quantitative estimate of drug-likeness (QED) is 0.750. The molecule has 0 radical (unpaired) electrons. The second-order valence-corrected chi connectivity index (χ2v) is 6.79. The second-order valence-electron chi connectivity index (χ2n) is 5.70. The van der Waals surface area contributed by atoms with Gasteiger partial charge in [-0.15, -0.1) is 11.3 Å². The Hall–Kier alpha value is -2.99. The molecule has 0 unspecified atom stereocenters. The highest BCUT2D eigenvalue weighted by atomic mass is 32.1. The monoisotopic (exact) mass is 351 g/mol. The smallest absolute Gasteiger partial charge is 0.265 e. The van der Waals surface area contributed by atoms with Crippen LogP contribution in [0.2, 0.25) is 0 Å². The number of hydrogen-bond acceptors (Lipinski definition) is 4. The Morgan fingerprint density at radius 2 is 1.88 bits per heavy atom. The van der Waals surface area contributed by atoms with Gasteiger partial charge in [0.25, 0.3) is 5.91 Å². The predicted octanol–water partition coefficient (Wildman–Crippen LogP) is 3.78. The van der Waals surface area contributed by atoms with Gasteiger partial charge in [-0.3, -0.25) is 14.6 Å². The summed E-state index contributed by atoms with van der Waals surface area (Å²) in [5.74, 6) is -0.641. The lowest BCUT2D eigenvalue weighted by molar-refractivity contribution is 0.0998. The van der Waals surface area contributed by atoms with E-state index in [2.05, 4.69) is 10.3 Å². The summed E-state index contributed by atoms with van der Waals surface area (Å²) in [4.78, 5) is 29.4. The molecule has 5 nitrogen and oxygen atoms in total. The zero-order valence-corrected chi connectivity index (χ0v) is 14.7. The van der Waals surface area contributed by atoms with Crippen LogP contribution in [0.5, 0.6) is 0 Å². The maximum Gasteiger partial charge on any atom is 0.265 e. The van der Waals surface area contributed by atoms with Crippen molar-refractivity contribution in [1.82, 2.24) is 4.98 Å². The van der Waals surface area contributed by atoms with Crippen LogP contribution in [-0.4, -0.2) is 16.8 Å². The average Bonchev–Trinajstić information content (AvgIpc) is 3.07. The number of nitrogens with zero attached hydrogens (tertiary/aromatic N) is 1. The molecule has 3 N–H and O–H groups in total. The summed E-state index contributed by atoms with van der Waals surface area (Å²) in [6, 6.07) is 10.7. The molecule has 0 aliphatic rings. The molecule has 0 bridgehead atoms. The van der Waals surface area contributed by atoms with E-state index in [1.54, 1.807) is 36.7 Å². The predicted molar refractivity (Wildman–Crippen MR) is 99.9 cm³/mol. The fourth-order valence-corrected chi connectivity index (χ4v) is 3.43. The molecule has 1 aromatic carbocycles. The number of nitrogens with one attached hydrogen (secondary N) is 1. The van der Waals surface area contributed by atoms with Crippen LogP contribution in [0.1, 0.15) is 31.2 Å². The molecule has 0 saturated carbocycles. The zero-order chi connectivity index (χ0) is 18.0. The highest BCUT2D eigenvalue weighted by Crippen LogP contribution is 2.31. The van der Waals surface area contributed by atoms with Crippen LogP contribution in [0, 0.1) is 13.8 Å². The van der Waals surface area contributed by atoms with Gasteiger partial charge in [0.2, 0.25) is 5.91 Å². The van der Waals surface area contributed by atoms with Crippen molar-refractivity contribution in [2.24, 2.45) is 5.73 Å². The maximum absolute atomic E-state index is 12.5. The summed E-state index contributed by atoms with van der Waals surface area (Å²) in [5.41, 5.74) is 9.37. The van der Waals surface area contributed by atoms with Crippen molar-refractivity contribution in [2.45, 2.75) is 13.8 Å². The van der Waals surface area contributed by atoms with Crippen molar-refractivity contribution in [3.8, 4) is 10.4 Å². The second kappa shape index (κ2) is 6.86. The lowest BCUT2D eigenvalue weighted by Gasteiger charge is -2.06. The Balaban J connectivity index is 1.88. The molecule has 2 heterocycles. The van der Waals surface area contributed by atoms with Gasteiger partial charge in [0.15, 0.2) is 0 Å². The Bertz CT molecular complexity index is 963. The molecule has 3 aromatic rings. The summed E-state index contributed by atoms with van der Waals surface area (Å²) in [7, 11) is 0. The SMILES string of the molecule is Cc1cnccc1NC(=O)c1ccc(-c2cc(C(N)=O)ccc2C)s1. The number of carbonyl (C=O) groups is 2. The topological polar surface area (TPSA) is 85.1 Å². The number of carbonyl (C=O) groups excluding carboxylic acids is 2. The lowest BCUT2D eigenvalue weighted by atomic mass is 10.0. The molecule has 25 heavy (non-hydrogen) atoms. The minimum atomic E-state index is -0.469. The van der Waals surface area contributed by atoms with E-state index in [-0.39, 0.29) is 5.91 Å². The summed E-state index contributed by atoms with van der Waals surface area (Å²) in [5, 5.41) is 2.89. The molecule has 3 rings (SSSR count). The standard InChI is InChI=1S/C19H17N3O2S/c1-11-3-4-13(18(20)23)9-14(11)16-5-6-17(25-16)19(24)22-15-7-8-21-10-12(15)2/h3-10H,1-2H3,(H2,20,23)(H,21,22,24). The molecule has 0 saturated heterocycles. The van der Waals surface area contributed by atoms with Crippen LogP contribution in [0.4, 0.5) is 5.69 Å². The number of rotatable bonds is 4. The van der Waals surface area contributed by atoms with Gasteiger partial charge in [0.05, 0.1) is 4.88 Å². The van der Waals surface area contributed by atoms with Gasteiger partial charge in [-0.2, -0.15) is 0 Å². The van der Waals surface area contributed by atoms with E-state index in [0.29, 0.717) is 10.4 Å². The van der Waals surface area contributed by atoms with Gasteiger partial charge in [0, 0.05) is 28.5 Å². The number of thiophene rings is 1. The van der Waals surface area contributed by atoms with Crippen molar-refractivity contribution in [2.75, 3.05) is 5.32 Å². The Kier molecular flexibility index (Phi) is 4.63. The molecular formula is C19H17N3O2S. The Labute approximate surface area is 149 Å². The van der Waals surface area contributed by atoms with Crippen LogP contribution in [-0.2, 0) is 0 Å². The summed E-state index contributed by atoms with van der Waals surface area (Å²) in [6.07, 6.45) is 3.34. The minimum Gasteiger partial charge on any atom is -0.366 e. The molecule has 0 aliphatic heterocycles. The first-order valence-corrected chi connectivity index (χ1v) is 8.50. The van der Waals surface area contributed by atoms with Gasteiger partial charge in [-0.1, -0.05) is 6.07 Å². The van der Waals surface area contributed by atoms with E-state index in [4.69, 9.17) is 5.73 Å². The van der Waals surface area contributed by atoms with Gasteiger partial charge in [-0.05, 0) is 60.9 Å². The third-order valence-corrected chi connectivity index (χ3v) is 5.00. The maximum atomic E-state index is 12.5. The first-order chi connectivity index (χ1) is 12.0. The first kappa shape index (κ1) is 16.9. The summed E-state index contributed by atoms with van der Waals surface area (Å²) in [6.45, 7) is 3.85. The van der Waals surface area contributed by atoms with E-state index in [0.717, 1.165) is 27.3 Å². The number of primary amides is 1.